The van der Waals surface area contributed by atoms with Crippen LogP contribution in [0.2, 0.25) is 0 Å². The second kappa shape index (κ2) is 6.81. The first kappa shape index (κ1) is 15.8. The molecule has 0 spiro atoms. The van der Waals surface area contributed by atoms with Crippen LogP contribution in [0.5, 0.6) is 0 Å². The van der Waals surface area contributed by atoms with Crippen LogP contribution in [-0.4, -0.2) is 36.0 Å². The van der Waals surface area contributed by atoms with Crippen LogP contribution in [0.25, 0.3) is 0 Å². The number of hydrogen-bond donors (Lipinski definition) is 1. The van der Waals surface area contributed by atoms with Crippen molar-refractivity contribution in [3.8, 4) is 0 Å². The third kappa shape index (κ3) is 3.03. The van der Waals surface area contributed by atoms with Gasteiger partial charge in [-0.05, 0) is 18.1 Å². The number of amides is 1. The molecule has 19 heavy (non-hydrogen) atoms. The minimum absolute atomic E-state index is 0.129. The van der Waals surface area contributed by atoms with E-state index in [4.69, 9.17) is 19.0 Å². The molecule has 1 aromatic carbocycles. The fraction of sp³-hybridized carbons (Fsp3) is 0.462. The number of benzene rings is 1. The van der Waals surface area contributed by atoms with E-state index in [1.54, 1.807) is 33.5 Å². The average molecular weight is 283 g/mol. The zero-order valence-electron chi connectivity index (χ0n) is 11.8. The van der Waals surface area contributed by atoms with E-state index in [1.807, 2.05) is 19.1 Å². The van der Waals surface area contributed by atoms with Gasteiger partial charge < -0.3 is 19.0 Å². The molecule has 0 saturated heterocycles. The van der Waals surface area contributed by atoms with Crippen LogP contribution in [0, 0.1) is 0 Å². The van der Waals surface area contributed by atoms with Gasteiger partial charge in [-0.2, -0.15) is 0 Å². The number of rotatable bonds is 7. The molecule has 1 rings (SSSR count). The van der Waals surface area contributed by atoms with Crippen molar-refractivity contribution in [2.24, 2.45) is 5.73 Å². The number of carbonyl (C=O) groups excluding carboxylic acids is 1. The Morgan fingerprint density at radius 3 is 2.16 bits per heavy atom. The maximum absolute atomic E-state index is 11.5. The molecule has 0 radical (unpaired) electrons. The summed E-state index contributed by atoms with van der Waals surface area (Å²) in [7, 11) is 1.82. The van der Waals surface area contributed by atoms with Crippen LogP contribution >= 0.6 is 0 Å². The molecule has 0 aliphatic rings. The van der Waals surface area contributed by atoms with E-state index in [0.29, 0.717) is 5.56 Å². The summed E-state index contributed by atoms with van der Waals surface area (Å²) in [4.78, 5) is 11.5. The normalized spacial score (nSPS) is 13.3. The molecule has 1 unspecified atom stereocenters. The van der Waals surface area contributed by atoms with Gasteiger partial charge in [0.15, 0.2) is 0 Å². The second-order valence-electron chi connectivity index (χ2n) is 4.13. The summed E-state index contributed by atoms with van der Waals surface area (Å²) >= 11 is 0. The summed E-state index contributed by atoms with van der Waals surface area (Å²) in [5.41, 5.74) is 6.60. The lowest BCUT2D eigenvalue weighted by Crippen LogP contribution is -2.49. The highest BCUT2D eigenvalue weighted by molar-refractivity contribution is 6.62. The fourth-order valence-electron chi connectivity index (χ4n) is 2.36. The third-order valence-corrected chi connectivity index (χ3v) is 6.57. The van der Waals surface area contributed by atoms with Crippen molar-refractivity contribution in [2.75, 3.05) is 21.3 Å². The van der Waals surface area contributed by atoms with Gasteiger partial charge in [0.05, 0.1) is 5.54 Å². The maximum atomic E-state index is 11.5. The zero-order chi connectivity index (χ0) is 14.5. The summed E-state index contributed by atoms with van der Waals surface area (Å²) in [6.45, 7) is 2.00. The van der Waals surface area contributed by atoms with Crippen LogP contribution in [0.4, 0.5) is 0 Å². The third-order valence-electron chi connectivity index (χ3n) is 3.29. The van der Waals surface area contributed by atoms with E-state index in [0.717, 1.165) is 12.0 Å². The Morgan fingerprint density at radius 1 is 1.21 bits per heavy atom. The number of hydrogen-bond acceptors (Lipinski definition) is 4. The molecule has 1 amide bonds. The summed E-state index contributed by atoms with van der Waals surface area (Å²) in [6.07, 6.45) is 0.728. The molecular formula is C13H21NO4Si. The molecule has 0 fully saturated rings. The van der Waals surface area contributed by atoms with Gasteiger partial charge in [0.25, 0.3) is 0 Å². The van der Waals surface area contributed by atoms with E-state index < -0.39 is 14.7 Å². The summed E-state index contributed by atoms with van der Waals surface area (Å²) in [5.74, 6) is -0.458. The first-order chi connectivity index (χ1) is 9.06. The van der Waals surface area contributed by atoms with Crippen molar-refractivity contribution < 1.29 is 18.1 Å². The molecule has 0 heterocycles. The lowest BCUT2D eigenvalue weighted by Gasteiger charge is -2.32. The topological polar surface area (TPSA) is 70.8 Å². The molecule has 5 nitrogen and oxygen atoms in total. The van der Waals surface area contributed by atoms with Gasteiger partial charge in [0.2, 0.25) is 5.91 Å². The van der Waals surface area contributed by atoms with Crippen molar-refractivity contribution >= 4 is 14.7 Å². The first-order valence-corrected chi connectivity index (χ1v) is 7.90. The maximum Gasteiger partial charge on any atom is 0.508 e. The number of carbonyl (C=O) groups is 1. The number of nitrogens with two attached hydrogens (primary N) is 1. The van der Waals surface area contributed by atoms with Crippen LogP contribution < -0.4 is 5.73 Å². The Balaban J connectivity index is 3.34. The van der Waals surface area contributed by atoms with Gasteiger partial charge in [0, 0.05) is 26.9 Å². The summed E-state index contributed by atoms with van der Waals surface area (Å²) in [5, 5.41) is 0. The van der Waals surface area contributed by atoms with Crippen LogP contribution in [0.1, 0.15) is 34.8 Å². The van der Waals surface area contributed by atoms with Gasteiger partial charge in [-0.15, -0.1) is 0 Å². The molecule has 1 atom stereocenters. The smallest absolute Gasteiger partial charge is 0.376 e. The van der Waals surface area contributed by atoms with Gasteiger partial charge in [-0.1, -0.05) is 25.1 Å². The lowest BCUT2D eigenvalue weighted by molar-refractivity contribution is 0.0996. The monoisotopic (exact) mass is 283 g/mol. The van der Waals surface area contributed by atoms with Gasteiger partial charge in [-0.3, -0.25) is 4.79 Å². The fourth-order valence-corrected chi connectivity index (χ4v) is 4.85. The predicted molar refractivity (Wildman–Crippen MR) is 74.8 cm³/mol. The van der Waals surface area contributed by atoms with E-state index in [9.17, 15) is 4.79 Å². The summed E-state index contributed by atoms with van der Waals surface area (Å²) in [6, 6.07) is 7.23. The molecule has 0 aromatic heterocycles. The van der Waals surface area contributed by atoms with Crippen molar-refractivity contribution in [3.63, 3.8) is 0 Å². The second-order valence-corrected chi connectivity index (χ2v) is 7.26. The molecular weight excluding hydrogens is 262 g/mol. The van der Waals surface area contributed by atoms with Crippen molar-refractivity contribution in [2.45, 2.75) is 18.9 Å². The Hall–Kier alpha value is -1.21. The minimum atomic E-state index is -2.87. The molecule has 0 aliphatic heterocycles. The van der Waals surface area contributed by atoms with E-state index in [2.05, 4.69) is 0 Å². The van der Waals surface area contributed by atoms with Crippen LogP contribution in [-0.2, 0) is 13.3 Å². The van der Waals surface area contributed by atoms with Gasteiger partial charge in [-0.25, -0.2) is 0 Å². The predicted octanol–water partition coefficient (Wildman–Crippen LogP) is 1.70. The van der Waals surface area contributed by atoms with E-state index in [-0.39, 0.29) is 5.54 Å². The van der Waals surface area contributed by atoms with E-state index in [1.165, 1.54) is 0 Å². The summed E-state index contributed by atoms with van der Waals surface area (Å²) < 4.78 is 16.6. The largest absolute Gasteiger partial charge is 0.508 e. The number of primary amides is 1. The van der Waals surface area contributed by atoms with Gasteiger partial charge >= 0.3 is 8.80 Å². The quantitative estimate of drug-likeness (QED) is 0.773. The minimum Gasteiger partial charge on any atom is -0.376 e. The Morgan fingerprint density at radius 2 is 1.74 bits per heavy atom. The SMILES string of the molecule is CCC(c1ccccc1C(N)=O)[Si](OC)(OC)OC. The molecule has 106 valence electrons. The molecule has 1 aromatic rings. The van der Waals surface area contributed by atoms with Crippen LogP contribution in [0.3, 0.4) is 0 Å². The molecule has 0 bridgehead atoms. The first-order valence-electron chi connectivity index (χ1n) is 6.10. The molecule has 0 saturated carbocycles. The van der Waals surface area contributed by atoms with Crippen molar-refractivity contribution in [1.82, 2.24) is 0 Å². The van der Waals surface area contributed by atoms with Crippen molar-refractivity contribution in [1.29, 1.82) is 0 Å². The molecule has 0 aliphatic carbocycles. The van der Waals surface area contributed by atoms with Crippen molar-refractivity contribution in [3.05, 3.63) is 35.4 Å². The lowest BCUT2D eigenvalue weighted by atomic mass is 10.0. The highest BCUT2D eigenvalue weighted by Crippen LogP contribution is 2.33. The molecule has 2 N–H and O–H groups in total. The Labute approximate surface area is 115 Å². The Kier molecular flexibility index (Phi) is 5.68. The van der Waals surface area contributed by atoms with Crippen LogP contribution in [0.15, 0.2) is 24.3 Å². The standard InChI is InChI=1S/C13H21NO4Si/c1-5-12(19(16-2,17-3)18-4)10-8-6-7-9-11(10)13(14)15/h6-9,12H,5H2,1-4H3,(H2,14,15). The highest BCUT2D eigenvalue weighted by Gasteiger charge is 2.48. The zero-order valence-corrected chi connectivity index (χ0v) is 12.8. The highest BCUT2D eigenvalue weighted by atomic mass is 28.4. The Bertz CT molecular complexity index is 426. The molecule has 6 heteroatoms. The average Bonchev–Trinajstić information content (AvgIpc) is 2.45. The van der Waals surface area contributed by atoms with E-state index >= 15 is 0 Å². The van der Waals surface area contributed by atoms with Gasteiger partial charge in [0.1, 0.15) is 0 Å².